The van der Waals surface area contributed by atoms with Crippen molar-refractivity contribution < 1.29 is 19.0 Å². The Labute approximate surface area is 157 Å². The molecule has 27 heavy (non-hydrogen) atoms. The highest BCUT2D eigenvalue weighted by molar-refractivity contribution is 6.04. The molecule has 0 saturated heterocycles. The maximum atomic E-state index is 12.3. The fourth-order valence-electron chi connectivity index (χ4n) is 2.43. The number of nitrogens with zero attached hydrogens (tertiary/aromatic N) is 2. The summed E-state index contributed by atoms with van der Waals surface area (Å²) in [4.78, 5) is 12.3. The Hall–Kier alpha value is -3.32. The Bertz CT molecular complexity index is 873. The first-order chi connectivity index (χ1) is 13.2. The van der Waals surface area contributed by atoms with Crippen molar-refractivity contribution in [3.05, 3.63) is 72.1 Å². The van der Waals surface area contributed by atoms with Gasteiger partial charge < -0.3 is 19.5 Å². The SMILES string of the molecule is COCn1cc(NC(=O)c2ccc(COc3ccc(OC)cc3)cc2)cn1. The molecular formula is C20H21N3O4. The summed E-state index contributed by atoms with van der Waals surface area (Å²) >= 11 is 0. The van der Waals surface area contributed by atoms with Gasteiger partial charge in [-0.25, -0.2) is 4.68 Å². The van der Waals surface area contributed by atoms with E-state index in [1.807, 2.05) is 36.4 Å². The van der Waals surface area contributed by atoms with Crippen molar-refractivity contribution in [1.82, 2.24) is 9.78 Å². The minimum Gasteiger partial charge on any atom is -0.497 e. The second-order valence-corrected chi connectivity index (χ2v) is 5.80. The van der Waals surface area contributed by atoms with Gasteiger partial charge in [-0.2, -0.15) is 5.10 Å². The average Bonchev–Trinajstić information content (AvgIpc) is 3.14. The largest absolute Gasteiger partial charge is 0.497 e. The molecular weight excluding hydrogens is 346 g/mol. The molecule has 1 amide bonds. The summed E-state index contributed by atoms with van der Waals surface area (Å²) in [5.41, 5.74) is 2.14. The van der Waals surface area contributed by atoms with Crippen LogP contribution in [0.5, 0.6) is 11.5 Å². The molecule has 2 aromatic carbocycles. The summed E-state index contributed by atoms with van der Waals surface area (Å²) < 4.78 is 17.4. The quantitative estimate of drug-likeness (QED) is 0.661. The van der Waals surface area contributed by atoms with Gasteiger partial charge in [-0.3, -0.25) is 4.79 Å². The number of carbonyl (C=O) groups excluding carboxylic acids is 1. The zero-order valence-electron chi connectivity index (χ0n) is 15.2. The molecule has 140 valence electrons. The van der Waals surface area contributed by atoms with Crippen molar-refractivity contribution in [1.29, 1.82) is 0 Å². The number of hydrogen-bond donors (Lipinski definition) is 1. The fraction of sp³-hybridized carbons (Fsp3) is 0.200. The van der Waals surface area contributed by atoms with Crippen LogP contribution in [0.1, 0.15) is 15.9 Å². The Morgan fingerprint density at radius 2 is 1.74 bits per heavy atom. The molecule has 7 heteroatoms. The van der Waals surface area contributed by atoms with E-state index in [4.69, 9.17) is 14.2 Å². The second kappa shape index (κ2) is 8.86. The summed E-state index contributed by atoms with van der Waals surface area (Å²) in [7, 11) is 3.21. The summed E-state index contributed by atoms with van der Waals surface area (Å²) in [6, 6.07) is 14.7. The zero-order valence-corrected chi connectivity index (χ0v) is 15.2. The number of anilines is 1. The predicted octanol–water partition coefficient (Wildman–Crippen LogP) is 3.33. The standard InChI is InChI=1S/C20H21N3O4/c1-25-14-23-12-17(11-21-23)22-20(24)16-5-3-15(4-6-16)13-27-19-9-7-18(26-2)8-10-19/h3-12H,13-14H2,1-2H3,(H,22,24). The van der Waals surface area contributed by atoms with Crippen LogP contribution in [0.25, 0.3) is 0 Å². The topological polar surface area (TPSA) is 74.6 Å². The van der Waals surface area contributed by atoms with E-state index in [1.54, 1.807) is 43.4 Å². The van der Waals surface area contributed by atoms with Gasteiger partial charge in [-0.05, 0) is 42.0 Å². The first-order valence-corrected chi connectivity index (χ1v) is 8.36. The number of methoxy groups -OCH3 is 2. The van der Waals surface area contributed by atoms with E-state index < -0.39 is 0 Å². The van der Waals surface area contributed by atoms with Gasteiger partial charge in [-0.15, -0.1) is 0 Å². The lowest BCUT2D eigenvalue weighted by atomic mass is 10.1. The van der Waals surface area contributed by atoms with Crippen LogP contribution in [0.3, 0.4) is 0 Å². The molecule has 0 atom stereocenters. The van der Waals surface area contributed by atoms with Crippen molar-refractivity contribution in [2.45, 2.75) is 13.3 Å². The summed E-state index contributed by atoms with van der Waals surface area (Å²) in [5, 5.41) is 6.89. The van der Waals surface area contributed by atoms with E-state index in [9.17, 15) is 4.79 Å². The molecule has 0 radical (unpaired) electrons. The van der Waals surface area contributed by atoms with Gasteiger partial charge in [0.25, 0.3) is 5.91 Å². The Morgan fingerprint density at radius 3 is 2.41 bits per heavy atom. The van der Waals surface area contributed by atoms with Crippen LogP contribution in [0.4, 0.5) is 5.69 Å². The first-order valence-electron chi connectivity index (χ1n) is 8.36. The number of amides is 1. The third-order valence-corrected chi connectivity index (χ3v) is 3.83. The highest BCUT2D eigenvalue weighted by Gasteiger charge is 2.08. The van der Waals surface area contributed by atoms with Gasteiger partial charge in [0, 0.05) is 12.7 Å². The molecule has 0 aliphatic rings. The maximum absolute atomic E-state index is 12.3. The van der Waals surface area contributed by atoms with Crippen LogP contribution in [0.15, 0.2) is 60.9 Å². The maximum Gasteiger partial charge on any atom is 0.255 e. The van der Waals surface area contributed by atoms with E-state index in [0.29, 0.717) is 24.6 Å². The summed E-state index contributed by atoms with van der Waals surface area (Å²) in [5.74, 6) is 1.34. The van der Waals surface area contributed by atoms with E-state index in [0.717, 1.165) is 17.1 Å². The van der Waals surface area contributed by atoms with Crippen LogP contribution in [0, 0.1) is 0 Å². The summed E-state index contributed by atoms with van der Waals surface area (Å²) in [6.45, 7) is 0.747. The molecule has 3 rings (SSSR count). The van der Waals surface area contributed by atoms with Crippen LogP contribution >= 0.6 is 0 Å². The van der Waals surface area contributed by atoms with Crippen LogP contribution in [0.2, 0.25) is 0 Å². The van der Waals surface area contributed by atoms with E-state index in [2.05, 4.69) is 10.4 Å². The van der Waals surface area contributed by atoms with Gasteiger partial charge in [-0.1, -0.05) is 12.1 Å². The Morgan fingerprint density at radius 1 is 1.04 bits per heavy atom. The van der Waals surface area contributed by atoms with Crippen molar-refractivity contribution in [3.8, 4) is 11.5 Å². The number of benzene rings is 2. The van der Waals surface area contributed by atoms with Crippen molar-refractivity contribution in [2.24, 2.45) is 0 Å². The van der Waals surface area contributed by atoms with Gasteiger partial charge in [0.05, 0.1) is 25.2 Å². The molecule has 7 nitrogen and oxygen atoms in total. The molecule has 0 bridgehead atoms. The highest BCUT2D eigenvalue weighted by Crippen LogP contribution is 2.18. The average molecular weight is 367 g/mol. The number of hydrogen-bond acceptors (Lipinski definition) is 5. The third-order valence-electron chi connectivity index (χ3n) is 3.83. The number of rotatable bonds is 8. The predicted molar refractivity (Wildman–Crippen MR) is 101 cm³/mol. The molecule has 1 aromatic heterocycles. The minimum absolute atomic E-state index is 0.199. The van der Waals surface area contributed by atoms with E-state index in [-0.39, 0.29) is 5.91 Å². The number of ether oxygens (including phenoxy) is 3. The summed E-state index contributed by atoms with van der Waals surface area (Å²) in [6.07, 6.45) is 3.28. The van der Waals surface area contributed by atoms with Crippen LogP contribution in [-0.4, -0.2) is 29.9 Å². The molecule has 0 aliphatic carbocycles. The van der Waals surface area contributed by atoms with E-state index >= 15 is 0 Å². The molecule has 3 aromatic rings. The van der Waals surface area contributed by atoms with Gasteiger partial charge in [0.15, 0.2) is 0 Å². The number of nitrogens with one attached hydrogen (secondary N) is 1. The van der Waals surface area contributed by atoms with E-state index in [1.165, 1.54) is 0 Å². The second-order valence-electron chi connectivity index (χ2n) is 5.80. The van der Waals surface area contributed by atoms with Gasteiger partial charge in [0.2, 0.25) is 0 Å². The molecule has 1 heterocycles. The fourth-order valence-corrected chi connectivity index (χ4v) is 2.43. The molecule has 0 spiro atoms. The third kappa shape index (κ3) is 5.08. The molecule has 0 unspecified atom stereocenters. The smallest absolute Gasteiger partial charge is 0.255 e. The molecule has 0 aliphatic heterocycles. The Kier molecular flexibility index (Phi) is 6.06. The normalized spacial score (nSPS) is 10.4. The lowest BCUT2D eigenvalue weighted by Gasteiger charge is -2.08. The molecule has 1 N–H and O–H groups in total. The molecule has 0 fully saturated rings. The highest BCUT2D eigenvalue weighted by atomic mass is 16.5. The lowest BCUT2D eigenvalue weighted by Crippen LogP contribution is -2.11. The van der Waals surface area contributed by atoms with Crippen molar-refractivity contribution in [2.75, 3.05) is 19.5 Å². The van der Waals surface area contributed by atoms with Crippen molar-refractivity contribution in [3.63, 3.8) is 0 Å². The minimum atomic E-state index is -0.199. The van der Waals surface area contributed by atoms with Gasteiger partial charge in [0.1, 0.15) is 24.8 Å². The number of carbonyl (C=O) groups is 1. The van der Waals surface area contributed by atoms with Crippen LogP contribution in [-0.2, 0) is 18.1 Å². The lowest BCUT2D eigenvalue weighted by molar-refractivity contribution is 0.102. The van der Waals surface area contributed by atoms with Gasteiger partial charge >= 0.3 is 0 Å². The Balaban J connectivity index is 1.54. The number of aromatic nitrogens is 2. The zero-order chi connectivity index (χ0) is 19.1. The molecule has 0 saturated carbocycles. The monoisotopic (exact) mass is 367 g/mol. The first kappa shape index (κ1) is 18.5. The van der Waals surface area contributed by atoms with Crippen molar-refractivity contribution >= 4 is 11.6 Å². The van der Waals surface area contributed by atoms with Crippen LogP contribution < -0.4 is 14.8 Å².